The molecule has 2 heterocycles. The maximum atomic E-state index is 11.5. The van der Waals surface area contributed by atoms with Crippen LogP contribution in [0.5, 0.6) is 0 Å². The van der Waals surface area contributed by atoms with Crippen molar-refractivity contribution in [3.8, 4) is 0 Å². The lowest BCUT2D eigenvalue weighted by molar-refractivity contribution is 0.0519. The van der Waals surface area contributed by atoms with Gasteiger partial charge in [0.1, 0.15) is 6.26 Å². The van der Waals surface area contributed by atoms with Crippen LogP contribution in [0, 0.1) is 5.41 Å². The smallest absolute Gasteiger partial charge is 0.360 e. The zero-order chi connectivity index (χ0) is 13.2. The van der Waals surface area contributed by atoms with Crippen molar-refractivity contribution in [2.24, 2.45) is 5.41 Å². The first-order valence-corrected chi connectivity index (χ1v) is 6.39. The summed E-state index contributed by atoms with van der Waals surface area (Å²) in [6.07, 6.45) is 3.69. The molecule has 0 N–H and O–H groups in total. The fourth-order valence-electron chi connectivity index (χ4n) is 2.29. The molecule has 0 bridgehead atoms. The number of hydrogen-bond donors (Lipinski definition) is 0. The number of oxazole rings is 1. The van der Waals surface area contributed by atoms with Crippen LogP contribution in [-0.4, -0.2) is 30.6 Å². The number of piperidine rings is 1. The van der Waals surface area contributed by atoms with E-state index in [1.807, 2.05) is 0 Å². The van der Waals surface area contributed by atoms with Crippen LogP contribution < -0.4 is 4.90 Å². The number of esters is 1. The van der Waals surface area contributed by atoms with Crippen LogP contribution >= 0.6 is 0 Å². The molecule has 1 fully saturated rings. The van der Waals surface area contributed by atoms with Gasteiger partial charge in [0.2, 0.25) is 0 Å². The van der Waals surface area contributed by atoms with Crippen molar-refractivity contribution in [2.75, 3.05) is 24.6 Å². The topological polar surface area (TPSA) is 55.6 Å². The molecule has 0 aromatic carbocycles. The molecule has 18 heavy (non-hydrogen) atoms. The van der Waals surface area contributed by atoms with Crippen molar-refractivity contribution in [3.05, 3.63) is 12.0 Å². The van der Waals surface area contributed by atoms with Gasteiger partial charge in [-0.2, -0.15) is 4.98 Å². The van der Waals surface area contributed by atoms with Gasteiger partial charge in [-0.1, -0.05) is 13.8 Å². The second-order valence-electron chi connectivity index (χ2n) is 5.43. The van der Waals surface area contributed by atoms with Crippen LogP contribution in [0.3, 0.4) is 0 Å². The van der Waals surface area contributed by atoms with E-state index in [2.05, 4.69) is 23.7 Å². The van der Waals surface area contributed by atoms with E-state index in [1.54, 1.807) is 6.92 Å². The molecule has 2 rings (SSSR count). The third kappa shape index (κ3) is 2.83. The Morgan fingerprint density at radius 1 is 1.61 bits per heavy atom. The van der Waals surface area contributed by atoms with Gasteiger partial charge in [0, 0.05) is 13.1 Å². The molecule has 1 saturated heterocycles. The van der Waals surface area contributed by atoms with Gasteiger partial charge in [0.15, 0.2) is 5.69 Å². The Labute approximate surface area is 107 Å². The first-order valence-electron chi connectivity index (χ1n) is 6.39. The van der Waals surface area contributed by atoms with Crippen LogP contribution in [-0.2, 0) is 4.74 Å². The summed E-state index contributed by atoms with van der Waals surface area (Å²) in [6, 6.07) is 0.519. The molecule has 5 heteroatoms. The van der Waals surface area contributed by atoms with E-state index < -0.39 is 5.97 Å². The molecule has 0 amide bonds. The highest BCUT2D eigenvalue weighted by Gasteiger charge is 2.29. The van der Waals surface area contributed by atoms with Crippen LogP contribution in [0.25, 0.3) is 0 Å². The molecular weight excluding hydrogens is 232 g/mol. The SMILES string of the molecule is CCOC(=O)c1coc(N2CCCC(C)(C)C2)n1. The zero-order valence-electron chi connectivity index (χ0n) is 11.2. The number of aromatic nitrogens is 1. The molecule has 100 valence electrons. The Hall–Kier alpha value is -1.52. The summed E-state index contributed by atoms with van der Waals surface area (Å²) in [5.41, 5.74) is 0.506. The van der Waals surface area contributed by atoms with E-state index in [4.69, 9.17) is 9.15 Å². The van der Waals surface area contributed by atoms with Crippen LogP contribution in [0.2, 0.25) is 0 Å². The summed E-state index contributed by atoms with van der Waals surface area (Å²) >= 11 is 0. The first kappa shape index (κ1) is 12.9. The van der Waals surface area contributed by atoms with E-state index in [-0.39, 0.29) is 11.1 Å². The second-order valence-corrected chi connectivity index (χ2v) is 5.43. The van der Waals surface area contributed by atoms with Gasteiger partial charge in [-0.25, -0.2) is 4.79 Å². The molecular formula is C13H20N2O3. The lowest BCUT2D eigenvalue weighted by Crippen LogP contribution is -2.40. The Balaban J connectivity index is 2.08. The third-order valence-corrected chi connectivity index (χ3v) is 3.15. The van der Waals surface area contributed by atoms with Gasteiger partial charge in [0.25, 0.3) is 6.01 Å². The van der Waals surface area contributed by atoms with Crippen molar-refractivity contribution in [1.29, 1.82) is 0 Å². The molecule has 0 atom stereocenters. The van der Waals surface area contributed by atoms with Crippen molar-refractivity contribution in [2.45, 2.75) is 33.6 Å². The highest BCUT2D eigenvalue weighted by molar-refractivity contribution is 5.87. The fraction of sp³-hybridized carbons (Fsp3) is 0.692. The third-order valence-electron chi connectivity index (χ3n) is 3.15. The van der Waals surface area contributed by atoms with Gasteiger partial charge in [-0.15, -0.1) is 0 Å². The fourth-order valence-corrected chi connectivity index (χ4v) is 2.29. The van der Waals surface area contributed by atoms with Crippen molar-refractivity contribution < 1.29 is 13.9 Å². The second kappa shape index (κ2) is 5.00. The van der Waals surface area contributed by atoms with Gasteiger partial charge < -0.3 is 14.1 Å². The molecule has 0 aliphatic carbocycles. The van der Waals surface area contributed by atoms with Gasteiger partial charge in [-0.3, -0.25) is 0 Å². The molecule has 1 aliphatic heterocycles. The molecule has 0 saturated carbocycles. The highest BCUT2D eigenvalue weighted by Crippen LogP contribution is 2.31. The number of carbonyl (C=O) groups is 1. The highest BCUT2D eigenvalue weighted by atomic mass is 16.5. The minimum Gasteiger partial charge on any atom is -0.461 e. The Kier molecular flexibility index (Phi) is 3.59. The quantitative estimate of drug-likeness (QED) is 0.773. The van der Waals surface area contributed by atoms with Crippen LogP contribution in [0.1, 0.15) is 44.1 Å². The molecule has 5 nitrogen and oxygen atoms in total. The molecule has 0 spiro atoms. The summed E-state index contributed by atoms with van der Waals surface area (Å²) in [5, 5.41) is 0. The summed E-state index contributed by atoms with van der Waals surface area (Å²) in [7, 11) is 0. The minimum absolute atomic E-state index is 0.246. The number of nitrogens with zero attached hydrogens (tertiary/aromatic N) is 2. The Morgan fingerprint density at radius 3 is 3.06 bits per heavy atom. The van der Waals surface area contributed by atoms with Crippen molar-refractivity contribution >= 4 is 12.0 Å². The number of ether oxygens (including phenoxy) is 1. The van der Waals surface area contributed by atoms with E-state index >= 15 is 0 Å². The lowest BCUT2D eigenvalue weighted by Gasteiger charge is -2.37. The molecule has 0 radical (unpaired) electrons. The number of anilines is 1. The standard InChI is InChI=1S/C13H20N2O3/c1-4-17-11(16)10-8-18-12(14-10)15-7-5-6-13(2,3)9-15/h8H,4-7,9H2,1-3H3. The largest absolute Gasteiger partial charge is 0.461 e. The van der Waals surface area contributed by atoms with Crippen molar-refractivity contribution in [3.63, 3.8) is 0 Å². The summed E-state index contributed by atoms with van der Waals surface area (Å²) in [4.78, 5) is 17.8. The van der Waals surface area contributed by atoms with E-state index in [0.29, 0.717) is 12.6 Å². The van der Waals surface area contributed by atoms with Gasteiger partial charge in [0.05, 0.1) is 6.61 Å². The van der Waals surface area contributed by atoms with E-state index in [1.165, 1.54) is 12.7 Å². The van der Waals surface area contributed by atoms with Crippen LogP contribution in [0.15, 0.2) is 10.7 Å². The summed E-state index contributed by atoms with van der Waals surface area (Å²) in [5.74, 6) is -0.427. The normalized spacial score (nSPS) is 18.7. The van der Waals surface area contributed by atoms with Crippen molar-refractivity contribution in [1.82, 2.24) is 4.98 Å². The average molecular weight is 252 g/mol. The predicted octanol–water partition coefficient (Wildman–Crippen LogP) is 2.48. The van der Waals surface area contributed by atoms with Gasteiger partial charge in [-0.05, 0) is 25.2 Å². The summed E-state index contributed by atoms with van der Waals surface area (Å²) in [6.45, 7) is 8.40. The number of rotatable bonds is 3. The molecule has 1 aromatic heterocycles. The zero-order valence-corrected chi connectivity index (χ0v) is 11.2. The monoisotopic (exact) mass is 252 g/mol. The molecule has 1 aliphatic rings. The van der Waals surface area contributed by atoms with Crippen LogP contribution in [0.4, 0.5) is 6.01 Å². The Morgan fingerprint density at radius 2 is 2.39 bits per heavy atom. The van der Waals surface area contributed by atoms with Gasteiger partial charge >= 0.3 is 5.97 Å². The van der Waals surface area contributed by atoms with E-state index in [0.717, 1.165) is 19.5 Å². The lowest BCUT2D eigenvalue weighted by atomic mass is 9.84. The predicted molar refractivity (Wildman–Crippen MR) is 67.7 cm³/mol. The maximum absolute atomic E-state index is 11.5. The average Bonchev–Trinajstić information content (AvgIpc) is 2.77. The minimum atomic E-state index is -0.427. The first-order chi connectivity index (χ1) is 8.52. The number of carbonyl (C=O) groups excluding carboxylic acids is 1. The maximum Gasteiger partial charge on any atom is 0.360 e. The number of hydrogen-bond acceptors (Lipinski definition) is 5. The summed E-state index contributed by atoms with van der Waals surface area (Å²) < 4.78 is 10.3. The Bertz CT molecular complexity index is 426. The molecule has 0 unspecified atom stereocenters. The van der Waals surface area contributed by atoms with E-state index in [9.17, 15) is 4.79 Å². The molecule has 1 aromatic rings.